The summed E-state index contributed by atoms with van der Waals surface area (Å²) >= 11 is 5.94. The Morgan fingerprint density at radius 1 is 1.02 bits per heavy atom. The summed E-state index contributed by atoms with van der Waals surface area (Å²) < 4.78 is 138. The minimum absolute atomic E-state index is 0.108. The van der Waals surface area contributed by atoms with E-state index in [-0.39, 0.29) is 27.1 Å². The SMILES string of the molecule is Cc1ccnc(C(C)C)c1-n1c(=O)nc(NC2CN(S(=O)(=O)c3c(F)c(F)c(F)c(F)c3C(F)(F)F)C2)c2cc(F)c(Cl)nc21. The van der Waals surface area contributed by atoms with Crippen LogP contribution in [0.3, 0.4) is 0 Å². The minimum atomic E-state index is -5.92. The Hall–Kier alpha value is -3.90. The maximum atomic E-state index is 14.6. The molecule has 0 spiro atoms. The number of nitrogens with one attached hydrogen (secondary N) is 1. The molecular formula is C26H19ClF8N6O3S. The molecule has 45 heavy (non-hydrogen) atoms. The van der Waals surface area contributed by atoms with E-state index in [1.165, 1.54) is 6.20 Å². The molecule has 4 aromatic rings. The number of rotatable bonds is 6. The van der Waals surface area contributed by atoms with Gasteiger partial charge in [0.25, 0.3) is 0 Å². The Morgan fingerprint density at radius 2 is 1.64 bits per heavy atom. The predicted molar refractivity (Wildman–Crippen MR) is 144 cm³/mol. The van der Waals surface area contributed by atoms with Crippen LogP contribution >= 0.6 is 11.6 Å². The van der Waals surface area contributed by atoms with Gasteiger partial charge in [-0.3, -0.25) is 4.98 Å². The van der Waals surface area contributed by atoms with Gasteiger partial charge in [0.15, 0.2) is 39.9 Å². The van der Waals surface area contributed by atoms with E-state index in [1.807, 2.05) is 13.8 Å². The molecule has 1 aliphatic heterocycles. The van der Waals surface area contributed by atoms with E-state index in [0.717, 1.165) is 10.6 Å². The van der Waals surface area contributed by atoms with Crippen LogP contribution in [0, 0.1) is 36.0 Å². The van der Waals surface area contributed by atoms with E-state index in [0.29, 0.717) is 16.9 Å². The predicted octanol–water partition coefficient (Wildman–Crippen LogP) is 5.46. The van der Waals surface area contributed by atoms with Gasteiger partial charge in [-0.05, 0) is 30.5 Å². The molecule has 0 atom stereocenters. The fraction of sp³-hybridized carbons (Fsp3) is 0.308. The number of hydrogen-bond donors (Lipinski definition) is 1. The Kier molecular flexibility index (Phi) is 8.06. The Labute approximate surface area is 253 Å². The van der Waals surface area contributed by atoms with Gasteiger partial charge in [-0.2, -0.15) is 22.5 Å². The first-order valence-electron chi connectivity index (χ1n) is 12.8. The number of hydrogen-bond acceptors (Lipinski definition) is 7. The lowest BCUT2D eigenvalue weighted by Crippen LogP contribution is -2.57. The van der Waals surface area contributed by atoms with E-state index in [4.69, 9.17) is 11.6 Å². The first kappa shape index (κ1) is 32.5. The highest BCUT2D eigenvalue weighted by atomic mass is 35.5. The van der Waals surface area contributed by atoms with Crippen molar-refractivity contribution in [2.45, 2.75) is 43.8 Å². The number of nitrogens with zero attached hydrogens (tertiary/aromatic N) is 5. The van der Waals surface area contributed by atoms with E-state index in [1.54, 1.807) is 13.0 Å². The first-order chi connectivity index (χ1) is 20.9. The Morgan fingerprint density at radius 3 is 2.24 bits per heavy atom. The van der Waals surface area contributed by atoms with Gasteiger partial charge in [0.05, 0.1) is 22.8 Å². The number of anilines is 1. The van der Waals surface area contributed by atoms with Crippen LogP contribution in [0.25, 0.3) is 16.7 Å². The molecule has 5 rings (SSSR count). The average molecular weight is 683 g/mol. The second-order valence-electron chi connectivity index (χ2n) is 10.3. The zero-order valence-corrected chi connectivity index (χ0v) is 24.6. The molecule has 0 bridgehead atoms. The summed E-state index contributed by atoms with van der Waals surface area (Å²) in [5.41, 5.74) is -2.57. The molecule has 19 heteroatoms. The Balaban J connectivity index is 1.55. The summed E-state index contributed by atoms with van der Waals surface area (Å²) in [4.78, 5) is 23.3. The average Bonchev–Trinajstić information content (AvgIpc) is 2.91. The van der Waals surface area contributed by atoms with E-state index < -0.39 is 85.7 Å². The van der Waals surface area contributed by atoms with Crippen molar-refractivity contribution in [1.82, 2.24) is 23.8 Å². The van der Waals surface area contributed by atoms with E-state index in [9.17, 15) is 48.3 Å². The summed E-state index contributed by atoms with van der Waals surface area (Å²) in [6.07, 6.45) is -4.39. The number of aryl methyl sites for hydroxylation is 1. The van der Waals surface area contributed by atoms with Crippen LogP contribution < -0.4 is 11.0 Å². The zero-order chi connectivity index (χ0) is 33.3. The van der Waals surface area contributed by atoms with Gasteiger partial charge >= 0.3 is 11.9 Å². The molecule has 1 saturated heterocycles. The number of fused-ring (bicyclic) bond motifs is 1. The van der Waals surface area contributed by atoms with E-state index in [2.05, 4.69) is 20.3 Å². The minimum Gasteiger partial charge on any atom is -0.364 e. The highest BCUT2D eigenvalue weighted by molar-refractivity contribution is 7.89. The summed E-state index contributed by atoms with van der Waals surface area (Å²) in [5.74, 6) is -12.8. The van der Waals surface area contributed by atoms with Gasteiger partial charge < -0.3 is 5.32 Å². The van der Waals surface area contributed by atoms with Gasteiger partial charge in [-0.15, -0.1) is 0 Å². The van der Waals surface area contributed by atoms with Gasteiger partial charge in [0, 0.05) is 19.3 Å². The van der Waals surface area contributed by atoms with Crippen molar-refractivity contribution in [3.05, 3.63) is 79.9 Å². The highest BCUT2D eigenvalue weighted by Gasteiger charge is 2.49. The third-order valence-corrected chi connectivity index (χ3v) is 9.14. The van der Waals surface area contributed by atoms with Crippen LogP contribution in [0.1, 0.15) is 36.6 Å². The smallest absolute Gasteiger partial charge is 0.364 e. The molecule has 4 heterocycles. The second-order valence-corrected chi connectivity index (χ2v) is 12.6. The molecule has 0 radical (unpaired) electrons. The number of benzene rings is 1. The molecule has 0 amide bonds. The van der Waals surface area contributed by atoms with Crippen molar-refractivity contribution in [2.75, 3.05) is 18.4 Å². The lowest BCUT2D eigenvalue weighted by Gasteiger charge is -2.39. The van der Waals surface area contributed by atoms with Crippen molar-refractivity contribution in [2.24, 2.45) is 0 Å². The van der Waals surface area contributed by atoms with Crippen molar-refractivity contribution in [3.63, 3.8) is 0 Å². The van der Waals surface area contributed by atoms with Crippen LogP contribution in [0.2, 0.25) is 5.15 Å². The highest BCUT2D eigenvalue weighted by Crippen LogP contribution is 2.41. The van der Waals surface area contributed by atoms with Crippen LogP contribution in [-0.4, -0.2) is 51.4 Å². The fourth-order valence-electron chi connectivity index (χ4n) is 4.85. The molecule has 9 nitrogen and oxygen atoms in total. The molecule has 1 aliphatic rings. The van der Waals surface area contributed by atoms with Gasteiger partial charge in [0.2, 0.25) is 10.0 Å². The molecule has 1 aromatic carbocycles. The molecule has 0 aliphatic carbocycles. The number of pyridine rings is 2. The summed E-state index contributed by atoms with van der Waals surface area (Å²) in [6.45, 7) is 3.87. The standard InChI is InChI=1S/C26H19ClF8N6O3S/c1-9(2)19-20(10(3)4-5-36-19)41-24-12(6-13(28)22(27)38-24)23(39-25(41)42)37-11-7-40(8-11)45(43,44)21-14(26(33,34)35)15(29)16(30)17(31)18(21)32/h4-6,9,11H,7-8H2,1-3H3,(H,37,39,42). The number of alkyl halides is 3. The number of aromatic nitrogens is 4. The van der Waals surface area contributed by atoms with Gasteiger partial charge in [-0.1, -0.05) is 25.4 Å². The third-order valence-electron chi connectivity index (χ3n) is 7.00. The summed E-state index contributed by atoms with van der Waals surface area (Å²) in [7, 11) is -5.59. The zero-order valence-electron chi connectivity index (χ0n) is 23.1. The lowest BCUT2D eigenvalue weighted by molar-refractivity contribution is -0.143. The second kappa shape index (κ2) is 11.2. The largest absolute Gasteiger partial charge is 0.420 e. The number of halogens is 9. The lowest BCUT2D eigenvalue weighted by atomic mass is 10.0. The Bertz CT molecular complexity index is 2050. The molecule has 1 fully saturated rings. The summed E-state index contributed by atoms with van der Waals surface area (Å²) in [5, 5.41) is 1.96. The molecule has 0 saturated carbocycles. The van der Waals surface area contributed by atoms with Crippen molar-refractivity contribution >= 4 is 38.5 Å². The molecule has 240 valence electrons. The van der Waals surface area contributed by atoms with Gasteiger partial charge in [-0.25, -0.2) is 44.7 Å². The maximum Gasteiger partial charge on any atom is 0.420 e. The molecule has 1 N–H and O–H groups in total. The van der Waals surface area contributed by atoms with Crippen LogP contribution in [0.15, 0.2) is 28.0 Å². The van der Waals surface area contributed by atoms with Crippen molar-refractivity contribution < 1.29 is 43.5 Å². The van der Waals surface area contributed by atoms with Crippen LogP contribution in [-0.2, 0) is 16.2 Å². The maximum absolute atomic E-state index is 14.6. The molecule has 0 unspecified atom stereocenters. The van der Waals surface area contributed by atoms with Crippen LogP contribution in [0.5, 0.6) is 0 Å². The van der Waals surface area contributed by atoms with E-state index >= 15 is 0 Å². The first-order valence-corrected chi connectivity index (χ1v) is 14.6. The monoisotopic (exact) mass is 682 g/mol. The molecular weight excluding hydrogens is 664 g/mol. The third kappa shape index (κ3) is 5.37. The van der Waals surface area contributed by atoms with Crippen LogP contribution in [0.4, 0.5) is 40.9 Å². The normalized spacial score (nSPS) is 14.8. The topological polar surface area (TPSA) is 110 Å². The quantitative estimate of drug-likeness (QED) is 0.125. The fourth-order valence-corrected chi connectivity index (χ4v) is 6.77. The van der Waals surface area contributed by atoms with Gasteiger partial charge in [0.1, 0.15) is 16.3 Å². The van der Waals surface area contributed by atoms with Crippen molar-refractivity contribution in [1.29, 1.82) is 0 Å². The van der Waals surface area contributed by atoms with Crippen molar-refractivity contribution in [3.8, 4) is 5.69 Å². The molecule has 3 aromatic heterocycles. The number of sulfonamides is 1. The summed E-state index contributed by atoms with van der Waals surface area (Å²) in [6, 6.07) is 1.48.